The zero-order valence-corrected chi connectivity index (χ0v) is 50.2. The molecule has 0 aromatic rings. The molecule has 6 heteroatoms. The monoisotopic (exact) mass is 1070 g/mol. The molecule has 438 valence electrons. The Hall–Kier alpha value is -4.19. The number of ether oxygens (including phenoxy) is 3. The van der Waals surface area contributed by atoms with Crippen LogP contribution in [0.3, 0.4) is 0 Å². The third-order valence-corrected chi connectivity index (χ3v) is 13.5. The van der Waals surface area contributed by atoms with E-state index >= 15 is 0 Å². The van der Waals surface area contributed by atoms with Crippen LogP contribution < -0.4 is 0 Å². The molecule has 1 atom stereocenters. The molecule has 0 aromatic heterocycles. The molecule has 0 aromatic carbocycles. The van der Waals surface area contributed by atoms with E-state index in [0.717, 1.165) is 96.3 Å². The summed E-state index contributed by atoms with van der Waals surface area (Å²) in [6, 6.07) is 0. The SMILES string of the molecule is CC/C=C\C/C=C\C/C=C\C/C=C\C/C=C\C/C=C\CCC(=O)OC(COC(=O)CCCC/C=C\C/C=C\C/C=C\C/C=C\CC)COC(=O)CCCCCCCCCCCCCCCCCCCCCCCCCCC. The molecule has 0 aliphatic carbocycles. The minimum Gasteiger partial charge on any atom is -0.462 e. The average Bonchev–Trinajstić information content (AvgIpc) is 3.43. The molecular formula is C71H118O6. The number of unbranched alkanes of at least 4 members (excludes halogenated alkanes) is 26. The highest BCUT2D eigenvalue weighted by Crippen LogP contribution is 2.17. The van der Waals surface area contributed by atoms with Gasteiger partial charge in [-0.2, -0.15) is 0 Å². The Morgan fingerprint density at radius 1 is 0.273 bits per heavy atom. The Labute approximate surface area is 475 Å². The Kier molecular flexibility index (Phi) is 60.8. The Morgan fingerprint density at radius 2 is 0.532 bits per heavy atom. The highest BCUT2D eigenvalue weighted by Gasteiger charge is 2.19. The van der Waals surface area contributed by atoms with Crippen LogP contribution in [-0.2, 0) is 28.6 Å². The second-order valence-electron chi connectivity index (χ2n) is 20.9. The molecule has 0 aliphatic heterocycles. The molecule has 0 rings (SSSR count). The van der Waals surface area contributed by atoms with E-state index < -0.39 is 12.1 Å². The molecule has 1 unspecified atom stereocenters. The number of carbonyl (C=O) groups is 3. The summed E-state index contributed by atoms with van der Waals surface area (Å²) in [6.07, 6.45) is 89.5. The van der Waals surface area contributed by atoms with Gasteiger partial charge in [0.15, 0.2) is 6.10 Å². The van der Waals surface area contributed by atoms with Crippen molar-refractivity contribution in [1.82, 2.24) is 0 Å². The van der Waals surface area contributed by atoms with Gasteiger partial charge in [0.2, 0.25) is 0 Å². The maximum absolute atomic E-state index is 12.9. The fourth-order valence-corrected chi connectivity index (χ4v) is 8.76. The fraction of sp³-hybridized carbons (Fsp3) is 0.676. The molecule has 0 bridgehead atoms. The number of hydrogen-bond donors (Lipinski definition) is 0. The van der Waals surface area contributed by atoms with Gasteiger partial charge in [-0.05, 0) is 96.3 Å². The van der Waals surface area contributed by atoms with E-state index in [1.165, 1.54) is 141 Å². The fourth-order valence-electron chi connectivity index (χ4n) is 8.76. The van der Waals surface area contributed by atoms with Crippen molar-refractivity contribution in [3.8, 4) is 0 Å². The third-order valence-electron chi connectivity index (χ3n) is 13.5. The molecule has 77 heavy (non-hydrogen) atoms. The summed E-state index contributed by atoms with van der Waals surface area (Å²) in [5.41, 5.74) is 0. The van der Waals surface area contributed by atoms with Crippen molar-refractivity contribution < 1.29 is 28.6 Å². The van der Waals surface area contributed by atoms with Crippen LogP contribution in [0.15, 0.2) is 122 Å². The van der Waals surface area contributed by atoms with E-state index in [0.29, 0.717) is 19.3 Å². The summed E-state index contributed by atoms with van der Waals surface area (Å²) < 4.78 is 16.8. The predicted molar refractivity (Wildman–Crippen MR) is 334 cm³/mol. The molecule has 6 nitrogen and oxygen atoms in total. The van der Waals surface area contributed by atoms with Gasteiger partial charge in [-0.1, -0.05) is 296 Å². The van der Waals surface area contributed by atoms with Crippen LogP contribution in [0.1, 0.15) is 290 Å². The Morgan fingerprint density at radius 3 is 0.844 bits per heavy atom. The first-order chi connectivity index (χ1) is 38.0. The van der Waals surface area contributed by atoms with Gasteiger partial charge in [0, 0.05) is 19.3 Å². The van der Waals surface area contributed by atoms with Crippen molar-refractivity contribution in [1.29, 1.82) is 0 Å². The smallest absolute Gasteiger partial charge is 0.306 e. The van der Waals surface area contributed by atoms with E-state index in [9.17, 15) is 14.4 Å². The zero-order valence-electron chi connectivity index (χ0n) is 50.2. The van der Waals surface area contributed by atoms with Gasteiger partial charge in [-0.15, -0.1) is 0 Å². The van der Waals surface area contributed by atoms with Gasteiger partial charge in [0.25, 0.3) is 0 Å². The molecule has 0 aliphatic rings. The maximum atomic E-state index is 12.9. The van der Waals surface area contributed by atoms with Crippen LogP contribution in [0.4, 0.5) is 0 Å². The van der Waals surface area contributed by atoms with Crippen molar-refractivity contribution in [3.05, 3.63) is 122 Å². The van der Waals surface area contributed by atoms with Gasteiger partial charge in [0.05, 0.1) is 0 Å². The first-order valence-corrected chi connectivity index (χ1v) is 32.0. The van der Waals surface area contributed by atoms with Gasteiger partial charge in [-0.25, -0.2) is 0 Å². The van der Waals surface area contributed by atoms with Crippen LogP contribution >= 0.6 is 0 Å². The highest BCUT2D eigenvalue weighted by atomic mass is 16.6. The molecule has 0 spiro atoms. The van der Waals surface area contributed by atoms with Gasteiger partial charge in [0.1, 0.15) is 13.2 Å². The molecule has 0 amide bonds. The predicted octanol–water partition coefficient (Wildman–Crippen LogP) is 22.0. The number of esters is 3. The van der Waals surface area contributed by atoms with Crippen molar-refractivity contribution in [2.45, 2.75) is 297 Å². The standard InChI is InChI=1S/C71H118O6/c1-4-7-10-13-16-19-22-25-28-30-32-33-34-35-36-37-39-40-43-46-49-52-55-58-61-64-70(73)76-67-68(66-75-69(72)63-60-57-54-51-48-45-42-27-24-21-18-15-12-9-6-3)77-71(74)65-62-59-56-53-50-47-44-41-38-31-29-26-23-20-17-14-11-8-5-2/h8-9,11-12,17-18,20-21,26-27,29,38,41-42,47-48,50-51,56,59,68H,4-7,10,13-16,19,22-25,28,30-37,39-40,43-46,49,52-55,57-58,60-67H2,1-3H3/b11-8-,12-9-,20-17-,21-18-,29-26-,41-38-,42-27-,50-47-,51-48-,59-56-. The summed E-state index contributed by atoms with van der Waals surface area (Å²) in [6.45, 7) is 6.34. The maximum Gasteiger partial charge on any atom is 0.306 e. The van der Waals surface area contributed by atoms with Crippen LogP contribution in [0, 0.1) is 0 Å². The molecule has 0 heterocycles. The van der Waals surface area contributed by atoms with Crippen LogP contribution in [0.5, 0.6) is 0 Å². The Balaban J connectivity index is 4.43. The molecule has 0 saturated heterocycles. The summed E-state index contributed by atoms with van der Waals surface area (Å²) in [5.74, 6) is -1.05. The summed E-state index contributed by atoms with van der Waals surface area (Å²) >= 11 is 0. The molecule has 0 saturated carbocycles. The average molecular weight is 1070 g/mol. The van der Waals surface area contributed by atoms with Gasteiger partial charge < -0.3 is 14.2 Å². The molecule has 0 N–H and O–H groups in total. The largest absolute Gasteiger partial charge is 0.462 e. The summed E-state index contributed by atoms with van der Waals surface area (Å²) in [5, 5.41) is 0. The lowest BCUT2D eigenvalue weighted by Crippen LogP contribution is -2.30. The molecule has 0 fully saturated rings. The van der Waals surface area contributed by atoms with E-state index in [1.54, 1.807) is 0 Å². The van der Waals surface area contributed by atoms with Gasteiger partial charge in [-0.3, -0.25) is 14.4 Å². The number of carbonyl (C=O) groups excluding carboxylic acids is 3. The minimum atomic E-state index is -0.839. The lowest BCUT2D eigenvalue weighted by molar-refractivity contribution is -0.166. The van der Waals surface area contributed by atoms with E-state index in [-0.39, 0.29) is 38.0 Å². The lowest BCUT2D eigenvalue weighted by atomic mass is 10.0. The van der Waals surface area contributed by atoms with Crippen molar-refractivity contribution in [3.63, 3.8) is 0 Å². The third kappa shape index (κ3) is 62.5. The Bertz CT molecular complexity index is 1600. The second kappa shape index (κ2) is 64.3. The zero-order chi connectivity index (χ0) is 55.7. The van der Waals surface area contributed by atoms with Crippen molar-refractivity contribution in [2.75, 3.05) is 13.2 Å². The van der Waals surface area contributed by atoms with E-state index in [4.69, 9.17) is 14.2 Å². The van der Waals surface area contributed by atoms with Crippen molar-refractivity contribution >= 4 is 17.9 Å². The van der Waals surface area contributed by atoms with Crippen molar-refractivity contribution in [2.24, 2.45) is 0 Å². The first kappa shape index (κ1) is 72.8. The number of rotatable bonds is 57. The lowest BCUT2D eigenvalue weighted by Gasteiger charge is -2.18. The summed E-state index contributed by atoms with van der Waals surface area (Å²) in [4.78, 5) is 38.2. The number of allylic oxidation sites excluding steroid dienone is 20. The summed E-state index contributed by atoms with van der Waals surface area (Å²) in [7, 11) is 0. The minimum absolute atomic E-state index is 0.122. The van der Waals surface area contributed by atoms with Crippen LogP contribution in [-0.4, -0.2) is 37.2 Å². The quantitative estimate of drug-likeness (QED) is 0.0261. The molecule has 0 radical (unpaired) electrons. The normalized spacial score (nSPS) is 12.9. The molecular weight excluding hydrogens is 949 g/mol. The van der Waals surface area contributed by atoms with Gasteiger partial charge >= 0.3 is 17.9 Å². The van der Waals surface area contributed by atoms with E-state index in [1.807, 2.05) is 12.2 Å². The van der Waals surface area contributed by atoms with E-state index in [2.05, 4.69) is 130 Å². The highest BCUT2D eigenvalue weighted by molar-refractivity contribution is 5.71. The first-order valence-electron chi connectivity index (χ1n) is 32.0. The van der Waals surface area contributed by atoms with Crippen LogP contribution in [0.25, 0.3) is 0 Å². The second-order valence-corrected chi connectivity index (χ2v) is 20.9. The topological polar surface area (TPSA) is 78.9 Å². The number of hydrogen-bond acceptors (Lipinski definition) is 6. The van der Waals surface area contributed by atoms with Crippen LogP contribution in [0.2, 0.25) is 0 Å².